The van der Waals surface area contributed by atoms with Crippen LogP contribution in [0, 0.1) is 10.8 Å². The van der Waals surface area contributed by atoms with E-state index in [0.717, 1.165) is 48.0 Å². The topological polar surface area (TPSA) is 106 Å². The number of rotatable bonds is 5. The van der Waals surface area contributed by atoms with Gasteiger partial charge < -0.3 is 14.7 Å². The van der Waals surface area contributed by atoms with E-state index in [1.807, 2.05) is 30.3 Å². The van der Waals surface area contributed by atoms with Crippen LogP contribution in [0.25, 0.3) is 22.6 Å². The molecule has 3 aromatic heterocycles. The first kappa shape index (κ1) is 25.9. The van der Waals surface area contributed by atoms with Gasteiger partial charge in [-0.1, -0.05) is 52.8 Å². The number of nitrogens with one attached hydrogen (secondary N) is 2. The average molecular weight is 516 g/mol. The van der Waals surface area contributed by atoms with Crippen molar-refractivity contribution < 1.29 is 9.21 Å². The van der Waals surface area contributed by atoms with E-state index in [4.69, 9.17) is 9.40 Å². The zero-order chi connectivity index (χ0) is 27.2. The first-order valence-corrected chi connectivity index (χ1v) is 13.3. The highest BCUT2D eigenvalue weighted by atomic mass is 16.3. The Morgan fingerprint density at radius 1 is 1.21 bits per heavy atom. The molecule has 38 heavy (non-hydrogen) atoms. The van der Waals surface area contributed by atoms with Crippen molar-refractivity contribution in [3.63, 3.8) is 0 Å². The minimum Gasteiger partial charge on any atom is -0.444 e. The van der Waals surface area contributed by atoms with Crippen molar-refractivity contribution in [3.05, 3.63) is 70.1 Å². The summed E-state index contributed by atoms with van der Waals surface area (Å²) in [5.74, 6) is 0.357. The van der Waals surface area contributed by atoms with Crippen LogP contribution in [0.3, 0.4) is 0 Å². The third kappa shape index (κ3) is 5.17. The fourth-order valence-electron chi connectivity index (χ4n) is 5.48. The summed E-state index contributed by atoms with van der Waals surface area (Å²) in [7, 11) is 1.76. The van der Waals surface area contributed by atoms with Crippen molar-refractivity contribution in [2.75, 3.05) is 0 Å². The number of aromatic nitrogens is 4. The number of benzene rings is 1. The number of imidazole rings is 1. The van der Waals surface area contributed by atoms with Crippen LogP contribution < -0.4 is 11.0 Å². The lowest BCUT2D eigenvalue weighted by molar-refractivity contribution is 0.0831. The molecule has 1 saturated carbocycles. The molecule has 0 bridgehead atoms. The molecule has 8 heteroatoms. The summed E-state index contributed by atoms with van der Waals surface area (Å²) in [6.07, 6.45) is 4.91. The lowest BCUT2D eigenvalue weighted by atomic mass is 9.68. The van der Waals surface area contributed by atoms with E-state index in [1.165, 1.54) is 6.26 Å². The van der Waals surface area contributed by atoms with Gasteiger partial charge in [0, 0.05) is 30.3 Å². The van der Waals surface area contributed by atoms with Gasteiger partial charge in [0.1, 0.15) is 6.26 Å². The van der Waals surface area contributed by atoms with E-state index < -0.39 is 0 Å². The summed E-state index contributed by atoms with van der Waals surface area (Å²) in [4.78, 5) is 38.1. The minimum atomic E-state index is -0.237. The third-order valence-corrected chi connectivity index (χ3v) is 7.76. The fraction of sp³-hybridized carbons (Fsp3) is 0.467. The summed E-state index contributed by atoms with van der Waals surface area (Å²) in [6, 6.07) is 11.6. The van der Waals surface area contributed by atoms with E-state index in [-0.39, 0.29) is 40.1 Å². The molecule has 200 valence electrons. The predicted molar refractivity (Wildman–Crippen MR) is 148 cm³/mol. The number of pyridine rings is 1. The van der Waals surface area contributed by atoms with Crippen LogP contribution in [0.5, 0.6) is 0 Å². The predicted octanol–water partition coefficient (Wildman–Crippen LogP) is 5.60. The number of nitrogens with zero attached hydrogens (tertiary/aromatic N) is 3. The van der Waals surface area contributed by atoms with Crippen molar-refractivity contribution in [2.45, 2.75) is 72.3 Å². The van der Waals surface area contributed by atoms with Crippen molar-refractivity contribution in [2.24, 2.45) is 17.9 Å². The SMILES string of the molecule is Cn1c(=O)[nH]c2c(CC(C)(C)C)cc(C3CCC(C)(C)C(NC(=O)c4coc(-c5ccccc5)n4)C3)nc21. The Bertz CT molecular complexity index is 1520. The van der Waals surface area contributed by atoms with E-state index in [9.17, 15) is 9.59 Å². The van der Waals surface area contributed by atoms with Crippen LogP contribution in [0.2, 0.25) is 0 Å². The third-order valence-electron chi connectivity index (χ3n) is 7.76. The Morgan fingerprint density at radius 3 is 2.66 bits per heavy atom. The molecule has 1 aliphatic rings. The number of carbonyl (C=O) groups is 1. The van der Waals surface area contributed by atoms with Crippen molar-refractivity contribution >= 4 is 17.1 Å². The lowest BCUT2D eigenvalue weighted by Crippen LogP contribution is -2.48. The number of H-pyrrole nitrogens is 1. The molecule has 3 heterocycles. The zero-order valence-corrected chi connectivity index (χ0v) is 23.1. The number of hydrogen-bond donors (Lipinski definition) is 2. The summed E-state index contributed by atoms with van der Waals surface area (Å²) in [6.45, 7) is 11.0. The van der Waals surface area contributed by atoms with Crippen LogP contribution in [-0.4, -0.2) is 31.5 Å². The van der Waals surface area contributed by atoms with Gasteiger partial charge in [0.25, 0.3) is 5.91 Å². The van der Waals surface area contributed by atoms with E-state index in [0.29, 0.717) is 11.5 Å². The molecule has 0 spiro atoms. The maximum atomic E-state index is 13.2. The second-order valence-corrected chi connectivity index (χ2v) is 12.5. The first-order chi connectivity index (χ1) is 17.9. The highest BCUT2D eigenvalue weighted by Gasteiger charge is 2.39. The van der Waals surface area contributed by atoms with Crippen molar-refractivity contribution in [1.82, 2.24) is 24.8 Å². The largest absolute Gasteiger partial charge is 0.444 e. The molecule has 2 N–H and O–H groups in total. The number of oxazole rings is 1. The van der Waals surface area contributed by atoms with Gasteiger partial charge in [-0.25, -0.2) is 14.8 Å². The standard InChI is InChI=1S/C30H37N5O3/c1-29(2,3)16-20-14-21(31-25-24(20)34-28(37)35(25)6)19-12-13-30(4,5)23(15-19)33-26(36)22-17-38-27(32-22)18-10-8-7-9-11-18/h7-11,14,17,19,23H,12-13,15-16H2,1-6H3,(H,33,36)(H,34,37). The molecule has 8 nitrogen and oxygen atoms in total. The second-order valence-electron chi connectivity index (χ2n) is 12.5. The van der Waals surface area contributed by atoms with Gasteiger partial charge in [-0.05, 0) is 60.3 Å². The summed E-state index contributed by atoms with van der Waals surface area (Å²) >= 11 is 0. The van der Waals surface area contributed by atoms with Crippen LogP contribution in [0.4, 0.5) is 0 Å². The van der Waals surface area contributed by atoms with Gasteiger partial charge >= 0.3 is 5.69 Å². The van der Waals surface area contributed by atoms with Crippen LogP contribution in [0.15, 0.2) is 51.9 Å². The molecule has 2 atom stereocenters. The van der Waals surface area contributed by atoms with Gasteiger partial charge in [-0.2, -0.15) is 0 Å². The Hall–Kier alpha value is -3.68. The van der Waals surface area contributed by atoms with E-state index in [1.54, 1.807) is 11.6 Å². The molecule has 1 aromatic carbocycles. The van der Waals surface area contributed by atoms with Gasteiger partial charge in [0.05, 0.1) is 5.52 Å². The van der Waals surface area contributed by atoms with E-state index in [2.05, 4.69) is 56.0 Å². The van der Waals surface area contributed by atoms with Gasteiger partial charge in [-0.3, -0.25) is 9.36 Å². The monoisotopic (exact) mass is 515 g/mol. The quantitative estimate of drug-likeness (QED) is 0.360. The molecular formula is C30H37N5O3. The molecule has 4 aromatic rings. The lowest BCUT2D eigenvalue weighted by Gasteiger charge is -2.42. The summed E-state index contributed by atoms with van der Waals surface area (Å²) in [5, 5.41) is 3.24. The number of fused-ring (bicyclic) bond motifs is 1. The highest BCUT2D eigenvalue weighted by Crippen LogP contribution is 2.43. The Kier molecular flexibility index (Phi) is 6.53. The van der Waals surface area contributed by atoms with Gasteiger partial charge in [0.2, 0.25) is 5.89 Å². The number of hydrogen-bond acceptors (Lipinski definition) is 5. The summed E-state index contributed by atoms with van der Waals surface area (Å²) in [5.41, 5.74) is 4.51. The van der Waals surface area contributed by atoms with Crippen LogP contribution >= 0.6 is 0 Å². The molecular weight excluding hydrogens is 478 g/mol. The number of carbonyl (C=O) groups excluding carboxylic acids is 1. The highest BCUT2D eigenvalue weighted by molar-refractivity contribution is 5.92. The normalized spacial score (nSPS) is 19.5. The van der Waals surface area contributed by atoms with Gasteiger partial charge in [0.15, 0.2) is 11.3 Å². The minimum absolute atomic E-state index is 0.0551. The first-order valence-electron chi connectivity index (χ1n) is 13.3. The summed E-state index contributed by atoms with van der Waals surface area (Å²) < 4.78 is 7.19. The van der Waals surface area contributed by atoms with Crippen molar-refractivity contribution in [3.8, 4) is 11.5 Å². The Balaban J connectivity index is 1.41. The van der Waals surface area contributed by atoms with Crippen LogP contribution in [0.1, 0.15) is 81.5 Å². The van der Waals surface area contributed by atoms with Crippen molar-refractivity contribution in [1.29, 1.82) is 0 Å². The molecule has 1 amide bonds. The Labute approximate surface area is 222 Å². The maximum absolute atomic E-state index is 13.2. The molecule has 0 saturated heterocycles. The van der Waals surface area contributed by atoms with Crippen LogP contribution in [-0.2, 0) is 13.5 Å². The molecule has 0 aliphatic heterocycles. The number of aryl methyl sites for hydroxylation is 1. The maximum Gasteiger partial charge on any atom is 0.327 e. The zero-order valence-electron chi connectivity index (χ0n) is 23.1. The molecule has 1 fully saturated rings. The second kappa shape index (κ2) is 9.57. The fourth-order valence-corrected chi connectivity index (χ4v) is 5.48. The molecule has 5 rings (SSSR count). The smallest absolute Gasteiger partial charge is 0.327 e. The average Bonchev–Trinajstić information content (AvgIpc) is 3.46. The molecule has 2 unspecified atom stereocenters. The Morgan fingerprint density at radius 2 is 1.95 bits per heavy atom. The number of amides is 1. The number of aromatic amines is 1. The van der Waals surface area contributed by atoms with E-state index >= 15 is 0 Å². The molecule has 1 aliphatic carbocycles. The molecule has 0 radical (unpaired) electrons. The van der Waals surface area contributed by atoms with Gasteiger partial charge in [-0.15, -0.1) is 0 Å².